The third-order valence-electron chi connectivity index (χ3n) is 5.49. The summed E-state index contributed by atoms with van der Waals surface area (Å²) in [5.41, 5.74) is 2.17. The zero-order valence-electron chi connectivity index (χ0n) is 17.6. The van der Waals surface area contributed by atoms with Crippen LogP contribution in [0.4, 0.5) is 0 Å². The number of nitrogens with zero attached hydrogens (tertiary/aromatic N) is 2. The minimum absolute atomic E-state index is 0.115. The molecule has 2 atom stereocenters. The summed E-state index contributed by atoms with van der Waals surface area (Å²) in [5, 5.41) is 12.0. The quantitative estimate of drug-likeness (QED) is 0.482. The fourth-order valence-corrected chi connectivity index (χ4v) is 4.39. The highest BCUT2D eigenvalue weighted by molar-refractivity contribution is 7.89. The van der Waals surface area contributed by atoms with Crippen molar-refractivity contribution in [2.75, 3.05) is 13.6 Å². The second kappa shape index (κ2) is 10.1. The predicted octanol–water partition coefficient (Wildman–Crippen LogP) is 2.05. The molecule has 4 N–H and O–H groups in total. The first-order chi connectivity index (χ1) is 14.3. The van der Waals surface area contributed by atoms with Crippen LogP contribution in [-0.4, -0.2) is 45.0 Å². The van der Waals surface area contributed by atoms with Gasteiger partial charge in [0.05, 0.1) is 4.90 Å². The van der Waals surface area contributed by atoms with E-state index in [1.807, 2.05) is 12.1 Å². The van der Waals surface area contributed by atoms with E-state index in [2.05, 4.69) is 51.7 Å². The van der Waals surface area contributed by atoms with Crippen molar-refractivity contribution < 1.29 is 8.42 Å². The van der Waals surface area contributed by atoms with Crippen molar-refractivity contribution in [3.05, 3.63) is 65.7 Å². The SMILES string of the molecule is CN=C(NCc1cccc(S(N)(=O)=O)c1)NC1CCN(Cc2ccccc2)C(C)C1. The van der Waals surface area contributed by atoms with Crippen molar-refractivity contribution in [2.45, 2.75) is 49.8 Å². The van der Waals surface area contributed by atoms with Crippen molar-refractivity contribution in [1.29, 1.82) is 0 Å². The third-order valence-corrected chi connectivity index (χ3v) is 6.40. The number of benzene rings is 2. The Bertz CT molecular complexity index is 963. The average molecular weight is 430 g/mol. The smallest absolute Gasteiger partial charge is 0.238 e. The molecular weight excluding hydrogens is 398 g/mol. The van der Waals surface area contributed by atoms with Crippen molar-refractivity contribution in [1.82, 2.24) is 15.5 Å². The second-order valence-electron chi connectivity index (χ2n) is 7.79. The first kappa shape index (κ1) is 22.3. The molecule has 162 valence electrons. The monoisotopic (exact) mass is 429 g/mol. The number of sulfonamides is 1. The van der Waals surface area contributed by atoms with E-state index in [0.717, 1.165) is 31.5 Å². The summed E-state index contributed by atoms with van der Waals surface area (Å²) in [5.74, 6) is 0.713. The summed E-state index contributed by atoms with van der Waals surface area (Å²) in [6.07, 6.45) is 2.08. The van der Waals surface area contributed by atoms with Gasteiger partial charge in [-0.1, -0.05) is 42.5 Å². The number of guanidine groups is 1. The van der Waals surface area contributed by atoms with Crippen molar-refractivity contribution in [3.8, 4) is 0 Å². The number of nitrogens with two attached hydrogens (primary N) is 1. The molecule has 1 fully saturated rings. The fourth-order valence-electron chi connectivity index (χ4n) is 3.81. The summed E-state index contributed by atoms with van der Waals surface area (Å²) in [6.45, 7) is 4.74. The number of primary sulfonamides is 1. The summed E-state index contributed by atoms with van der Waals surface area (Å²) in [4.78, 5) is 6.95. The van der Waals surface area contributed by atoms with Gasteiger partial charge in [0.25, 0.3) is 0 Å². The van der Waals surface area contributed by atoms with Crippen LogP contribution in [0.3, 0.4) is 0 Å². The summed E-state index contributed by atoms with van der Waals surface area (Å²) in [7, 11) is -1.96. The molecule has 7 nitrogen and oxygen atoms in total. The molecule has 0 radical (unpaired) electrons. The van der Waals surface area contributed by atoms with E-state index in [-0.39, 0.29) is 4.90 Å². The van der Waals surface area contributed by atoms with Crippen molar-refractivity contribution in [3.63, 3.8) is 0 Å². The van der Waals surface area contributed by atoms with Crippen LogP contribution in [0.1, 0.15) is 30.9 Å². The van der Waals surface area contributed by atoms with Gasteiger partial charge in [-0.25, -0.2) is 13.6 Å². The molecule has 2 unspecified atom stereocenters. The van der Waals surface area contributed by atoms with E-state index in [1.54, 1.807) is 19.2 Å². The van der Waals surface area contributed by atoms with Gasteiger partial charge in [0.15, 0.2) is 5.96 Å². The van der Waals surface area contributed by atoms with E-state index in [0.29, 0.717) is 24.6 Å². The first-order valence-electron chi connectivity index (χ1n) is 10.2. The van der Waals surface area contributed by atoms with Crippen molar-refractivity contribution >= 4 is 16.0 Å². The highest BCUT2D eigenvalue weighted by atomic mass is 32.2. The van der Waals surface area contributed by atoms with Crippen LogP contribution < -0.4 is 15.8 Å². The van der Waals surface area contributed by atoms with Crippen LogP contribution >= 0.6 is 0 Å². The van der Waals surface area contributed by atoms with Crippen LogP contribution in [0.2, 0.25) is 0 Å². The molecule has 2 aromatic carbocycles. The highest BCUT2D eigenvalue weighted by Crippen LogP contribution is 2.20. The molecule has 8 heteroatoms. The van der Waals surface area contributed by atoms with Gasteiger partial charge in [-0.3, -0.25) is 9.89 Å². The van der Waals surface area contributed by atoms with Gasteiger partial charge in [-0.2, -0.15) is 0 Å². The maximum Gasteiger partial charge on any atom is 0.238 e. The maximum atomic E-state index is 11.5. The van der Waals surface area contributed by atoms with E-state index in [1.165, 1.54) is 11.6 Å². The Morgan fingerprint density at radius 1 is 1.17 bits per heavy atom. The van der Waals surface area contributed by atoms with Crippen LogP contribution in [0.25, 0.3) is 0 Å². The van der Waals surface area contributed by atoms with Gasteiger partial charge >= 0.3 is 0 Å². The molecule has 0 aromatic heterocycles. The number of rotatable bonds is 6. The van der Waals surface area contributed by atoms with Crippen molar-refractivity contribution in [2.24, 2.45) is 10.1 Å². The van der Waals surface area contributed by atoms with E-state index in [4.69, 9.17) is 5.14 Å². The Balaban J connectivity index is 1.51. The molecule has 1 aliphatic rings. The van der Waals surface area contributed by atoms with Gasteiger partial charge in [0, 0.05) is 38.8 Å². The summed E-state index contributed by atoms with van der Waals surface area (Å²) >= 11 is 0. The fraction of sp³-hybridized carbons (Fsp3) is 0.409. The normalized spacial score (nSPS) is 20.7. The molecule has 0 saturated carbocycles. The number of hydrogen-bond donors (Lipinski definition) is 3. The first-order valence-corrected chi connectivity index (χ1v) is 11.8. The van der Waals surface area contributed by atoms with Crippen LogP contribution in [0, 0.1) is 0 Å². The number of piperidine rings is 1. The Morgan fingerprint density at radius 3 is 2.57 bits per heavy atom. The lowest BCUT2D eigenvalue weighted by Crippen LogP contribution is -2.51. The van der Waals surface area contributed by atoms with Gasteiger partial charge in [0.1, 0.15) is 0 Å². The van der Waals surface area contributed by atoms with E-state index >= 15 is 0 Å². The van der Waals surface area contributed by atoms with Gasteiger partial charge < -0.3 is 10.6 Å². The Labute approximate surface area is 179 Å². The zero-order valence-corrected chi connectivity index (χ0v) is 18.4. The van der Waals surface area contributed by atoms with Crippen LogP contribution in [-0.2, 0) is 23.1 Å². The van der Waals surface area contributed by atoms with E-state index in [9.17, 15) is 8.42 Å². The molecule has 1 heterocycles. The molecule has 2 aromatic rings. The molecule has 0 spiro atoms. The molecule has 0 bridgehead atoms. The van der Waals surface area contributed by atoms with Gasteiger partial charge in [-0.05, 0) is 43.0 Å². The lowest BCUT2D eigenvalue weighted by Gasteiger charge is -2.38. The second-order valence-corrected chi connectivity index (χ2v) is 9.35. The number of hydrogen-bond acceptors (Lipinski definition) is 4. The minimum Gasteiger partial charge on any atom is -0.354 e. The Morgan fingerprint density at radius 2 is 1.90 bits per heavy atom. The largest absolute Gasteiger partial charge is 0.354 e. The molecule has 1 aliphatic heterocycles. The van der Waals surface area contributed by atoms with Gasteiger partial charge in [0.2, 0.25) is 10.0 Å². The summed E-state index contributed by atoms with van der Waals surface area (Å²) < 4.78 is 23.1. The van der Waals surface area contributed by atoms with Gasteiger partial charge in [-0.15, -0.1) is 0 Å². The topological polar surface area (TPSA) is 99.8 Å². The number of likely N-dealkylation sites (tertiary alicyclic amines) is 1. The third kappa shape index (κ3) is 6.29. The lowest BCUT2D eigenvalue weighted by atomic mass is 9.97. The molecule has 30 heavy (non-hydrogen) atoms. The zero-order chi connectivity index (χ0) is 21.6. The molecule has 0 aliphatic carbocycles. The lowest BCUT2D eigenvalue weighted by molar-refractivity contribution is 0.134. The Hall–Kier alpha value is -2.42. The molecule has 1 saturated heterocycles. The molecule has 3 rings (SSSR count). The molecular formula is C22H31N5O2S. The standard InChI is InChI=1S/C22H31N5O2S/c1-17-13-20(11-12-27(17)16-18-7-4-3-5-8-18)26-22(24-2)25-15-19-9-6-10-21(14-19)30(23,28)29/h3-10,14,17,20H,11-13,15-16H2,1-2H3,(H2,23,28,29)(H2,24,25,26). The Kier molecular flexibility index (Phi) is 7.47. The summed E-state index contributed by atoms with van der Waals surface area (Å²) in [6, 6.07) is 18.0. The number of nitrogens with one attached hydrogen (secondary N) is 2. The highest BCUT2D eigenvalue weighted by Gasteiger charge is 2.26. The van der Waals surface area contributed by atoms with Crippen LogP contribution in [0.15, 0.2) is 64.5 Å². The minimum atomic E-state index is -3.70. The average Bonchev–Trinajstić information content (AvgIpc) is 2.73. The predicted molar refractivity (Wildman–Crippen MR) is 120 cm³/mol. The number of aliphatic imine (C=N–C) groups is 1. The maximum absolute atomic E-state index is 11.5. The van der Waals surface area contributed by atoms with Crippen LogP contribution in [0.5, 0.6) is 0 Å². The van der Waals surface area contributed by atoms with E-state index < -0.39 is 10.0 Å². The molecule has 0 amide bonds.